The Bertz CT molecular complexity index is 660. The van der Waals surface area contributed by atoms with Crippen LogP contribution in [0.5, 0.6) is 0 Å². The predicted molar refractivity (Wildman–Crippen MR) is 114 cm³/mol. The second-order valence-electron chi connectivity index (χ2n) is 6.61. The summed E-state index contributed by atoms with van der Waals surface area (Å²) >= 11 is 0. The number of nitrogens with zero attached hydrogens (tertiary/aromatic N) is 1. The van der Waals surface area contributed by atoms with E-state index in [1.165, 1.54) is 0 Å². The molecule has 1 N–H and O–H groups in total. The molecule has 0 aliphatic heterocycles. The first-order chi connectivity index (χ1) is 14.0. The number of Topliss-reactive ketones (excluding diaryl/α,β-unsaturated/α-hetero) is 1. The molecule has 30 heavy (non-hydrogen) atoms. The van der Waals surface area contributed by atoms with Gasteiger partial charge in [-0.1, -0.05) is 38.6 Å². The van der Waals surface area contributed by atoms with E-state index >= 15 is 0 Å². The van der Waals surface area contributed by atoms with Crippen LogP contribution in [0.25, 0.3) is 0 Å². The fourth-order valence-corrected chi connectivity index (χ4v) is 2.45. The maximum atomic E-state index is 12.1. The van der Waals surface area contributed by atoms with Crippen LogP contribution in [0.2, 0.25) is 0 Å². The Morgan fingerprint density at radius 1 is 1.10 bits per heavy atom. The summed E-state index contributed by atoms with van der Waals surface area (Å²) in [6.45, 7) is 3.57. The second-order valence-corrected chi connectivity index (χ2v) is 6.61. The van der Waals surface area contributed by atoms with Crippen LogP contribution in [-0.2, 0) is 41.6 Å². The Kier molecular flexibility index (Phi) is 14.6. The quantitative estimate of drug-likeness (QED) is 0.342. The molecule has 1 aromatic carbocycles. The summed E-state index contributed by atoms with van der Waals surface area (Å²) in [6.07, 6.45) is 1.63. The van der Waals surface area contributed by atoms with E-state index < -0.39 is 0 Å². The summed E-state index contributed by atoms with van der Waals surface area (Å²) in [5, 5.41) is 2.74. The fourth-order valence-electron chi connectivity index (χ4n) is 2.45. The van der Waals surface area contributed by atoms with Crippen molar-refractivity contribution in [1.82, 2.24) is 10.2 Å². The van der Waals surface area contributed by atoms with Gasteiger partial charge in [0.15, 0.2) is 0 Å². The summed E-state index contributed by atoms with van der Waals surface area (Å²) in [6, 6.07) is 7.47. The van der Waals surface area contributed by atoms with Crippen LogP contribution in [0.4, 0.5) is 0 Å². The zero-order chi connectivity index (χ0) is 21.5. The number of hydrogen-bond acceptors (Lipinski definition) is 6. The van der Waals surface area contributed by atoms with Crippen molar-refractivity contribution in [2.75, 3.05) is 33.4 Å². The molecule has 0 aromatic heterocycles. The molecule has 0 saturated carbocycles. The molecule has 0 aliphatic carbocycles. The van der Waals surface area contributed by atoms with E-state index in [0.29, 0.717) is 45.4 Å². The van der Waals surface area contributed by atoms with Crippen LogP contribution in [0, 0.1) is 0 Å². The lowest BCUT2D eigenvalue weighted by molar-refractivity contribution is -0.136. The topological polar surface area (TPSA) is 102 Å². The summed E-state index contributed by atoms with van der Waals surface area (Å²) in [4.78, 5) is 46.8. The number of rotatable bonds is 15. The predicted octanol–water partition coefficient (Wildman–Crippen LogP) is 1.89. The van der Waals surface area contributed by atoms with Gasteiger partial charge >= 0.3 is 0 Å². The molecule has 0 atom stereocenters. The largest absolute Gasteiger partial charge is 0.468 e. The molecule has 8 nitrogen and oxygen atoms in total. The van der Waals surface area contributed by atoms with Crippen molar-refractivity contribution in [2.45, 2.75) is 46.6 Å². The Hall–Kier alpha value is -2.74. The SMILES string of the molecule is C.CCC(=O)CCNC(=O)Cc1ccc(CN(C)C(=O)COCCCOC=O)cc1. The normalized spacial score (nSPS) is 9.93. The van der Waals surface area contributed by atoms with E-state index in [-0.39, 0.29) is 44.7 Å². The minimum atomic E-state index is -0.147. The summed E-state index contributed by atoms with van der Waals surface area (Å²) in [7, 11) is 1.69. The van der Waals surface area contributed by atoms with Gasteiger partial charge in [-0.25, -0.2) is 0 Å². The van der Waals surface area contributed by atoms with Crippen molar-refractivity contribution in [3.05, 3.63) is 35.4 Å². The molecular weight excluding hydrogens is 388 g/mol. The fraction of sp³-hybridized carbons (Fsp3) is 0.545. The van der Waals surface area contributed by atoms with Crippen LogP contribution in [0.1, 0.15) is 44.7 Å². The van der Waals surface area contributed by atoms with E-state index in [1.807, 2.05) is 24.3 Å². The summed E-state index contributed by atoms with van der Waals surface area (Å²) in [5.41, 5.74) is 1.81. The number of carbonyl (C=O) groups is 4. The Balaban J connectivity index is 0.00000841. The van der Waals surface area contributed by atoms with E-state index in [2.05, 4.69) is 10.1 Å². The second kappa shape index (κ2) is 16.1. The Morgan fingerprint density at radius 2 is 1.77 bits per heavy atom. The van der Waals surface area contributed by atoms with E-state index in [0.717, 1.165) is 11.1 Å². The minimum absolute atomic E-state index is 0. The van der Waals surface area contributed by atoms with Crippen LogP contribution >= 0.6 is 0 Å². The van der Waals surface area contributed by atoms with Crippen molar-refractivity contribution in [2.24, 2.45) is 0 Å². The third-order valence-corrected chi connectivity index (χ3v) is 4.20. The molecule has 1 rings (SSSR count). The molecule has 0 heterocycles. The van der Waals surface area contributed by atoms with Gasteiger partial charge in [-0.2, -0.15) is 0 Å². The summed E-state index contributed by atoms with van der Waals surface area (Å²) in [5.74, 6) is -0.137. The third-order valence-electron chi connectivity index (χ3n) is 4.20. The van der Waals surface area contributed by atoms with Gasteiger partial charge in [0.2, 0.25) is 11.8 Å². The molecule has 0 fully saturated rings. The van der Waals surface area contributed by atoms with Gasteiger partial charge in [-0.3, -0.25) is 19.2 Å². The van der Waals surface area contributed by atoms with Crippen LogP contribution in [0.15, 0.2) is 24.3 Å². The number of hydrogen-bond donors (Lipinski definition) is 1. The standard InChI is InChI=1S/C21H30N2O6.CH4/c1-3-19(25)9-10-22-20(26)13-17-5-7-18(8-6-17)14-23(2)21(27)15-28-11-4-12-29-16-24;/h5-8,16H,3-4,9-15H2,1-2H3,(H,22,26);1H4. The van der Waals surface area contributed by atoms with Crippen LogP contribution < -0.4 is 5.32 Å². The van der Waals surface area contributed by atoms with Gasteiger partial charge < -0.3 is 19.7 Å². The van der Waals surface area contributed by atoms with Gasteiger partial charge in [-0.05, 0) is 11.1 Å². The van der Waals surface area contributed by atoms with Crippen molar-refractivity contribution in [1.29, 1.82) is 0 Å². The molecule has 0 radical (unpaired) electrons. The minimum Gasteiger partial charge on any atom is -0.468 e. The molecule has 0 unspecified atom stereocenters. The van der Waals surface area contributed by atoms with Gasteiger partial charge in [0.25, 0.3) is 6.47 Å². The lowest BCUT2D eigenvalue weighted by Crippen LogP contribution is -2.30. The molecule has 1 aromatic rings. The monoisotopic (exact) mass is 422 g/mol. The number of carbonyl (C=O) groups excluding carboxylic acids is 4. The average Bonchev–Trinajstić information content (AvgIpc) is 2.71. The van der Waals surface area contributed by atoms with E-state index in [1.54, 1.807) is 18.9 Å². The first-order valence-corrected chi connectivity index (χ1v) is 9.69. The van der Waals surface area contributed by atoms with Crippen LogP contribution in [0.3, 0.4) is 0 Å². The molecule has 168 valence electrons. The molecule has 0 spiro atoms. The number of ketones is 1. The Labute approximate surface area is 178 Å². The zero-order valence-corrected chi connectivity index (χ0v) is 17.1. The van der Waals surface area contributed by atoms with Gasteiger partial charge in [-0.15, -0.1) is 0 Å². The van der Waals surface area contributed by atoms with E-state index in [4.69, 9.17) is 4.74 Å². The van der Waals surface area contributed by atoms with Gasteiger partial charge in [0.05, 0.1) is 19.6 Å². The number of nitrogens with one attached hydrogen (secondary N) is 1. The van der Waals surface area contributed by atoms with Crippen molar-refractivity contribution in [3.8, 4) is 0 Å². The highest BCUT2D eigenvalue weighted by molar-refractivity contribution is 5.81. The molecule has 0 aliphatic rings. The van der Waals surface area contributed by atoms with Crippen LogP contribution in [-0.4, -0.2) is 62.4 Å². The van der Waals surface area contributed by atoms with Crippen molar-refractivity contribution in [3.63, 3.8) is 0 Å². The average molecular weight is 423 g/mol. The lowest BCUT2D eigenvalue weighted by atomic mass is 10.1. The van der Waals surface area contributed by atoms with Crippen molar-refractivity contribution < 1.29 is 28.7 Å². The number of benzene rings is 1. The number of amides is 2. The Morgan fingerprint density at radius 3 is 2.40 bits per heavy atom. The van der Waals surface area contributed by atoms with Crippen molar-refractivity contribution >= 4 is 24.1 Å². The molecule has 0 bridgehead atoms. The molecule has 2 amide bonds. The van der Waals surface area contributed by atoms with Gasteiger partial charge in [0, 0.05) is 39.4 Å². The highest BCUT2D eigenvalue weighted by Crippen LogP contribution is 2.08. The highest BCUT2D eigenvalue weighted by Gasteiger charge is 2.10. The molecule has 8 heteroatoms. The van der Waals surface area contributed by atoms with E-state index in [9.17, 15) is 19.2 Å². The highest BCUT2D eigenvalue weighted by atomic mass is 16.5. The molecular formula is C22H34N2O6. The van der Waals surface area contributed by atoms with Gasteiger partial charge in [0.1, 0.15) is 12.4 Å². The first kappa shape index (κ1) is 27.3. The third kappa shape index (κ3) is 12.0. The summed E-state index contributed by atoms with van der Waals surface area (Å²) < 4.78 is 9.80. The molecule has 0 saturated heterocycles. The number of ether oxygens (including phenoxy) is 2. The zero-order valence-electron chi connectivity index (χ0n) is 17.1. The maximum Gasteiger partial charge on any atom is 0.293 e. The maximum absolute atomic E-state index is 12.1. The number of likely N-dealkylation sites (N-methyl/N-ethyl adjacent to an activating group) is 1. The smallest absolute Gasteiger partial charge is 0.293 e. The lowest BCUT2D eigenvalue weighted by Gasteiger charge is -2.17. The first-order valence-electron chi connectivity index (χ1n) is 9.69.